The molecule has 0 atom stereocenters. The molecule has 0 aromatic carbocycles. The third-order valence-electron chi connectivity index (χ3n) is 1.65. The monoisotopic (exact) mass is 220 g/mol. The summed E-state index contributed by atoms with van der Waals surface area (Å²) in [7, 11) is 0. The highest BCUT2D eigenvalue weighted by Crippen LogP contribution is 2.13. The van der Waals surface area contributed by atoms with Crippen LogP contribution in [0.15, 0.2) is 12.4 Å². The van der Waals surface area contributed by atoms with Crippen LogP contribution in [-0.4, -0.2) is 23.2 Å². The van der Waals surface area contributed by atoms with Gasteiger partial charge < -0.3 is 9.47 Å². The Morgan fingerprint density at radius 1 is 1.25 bits per heavy atom. The second-order valence-electron chi connectivity index (χ2n) is 3.61. The van der Waals surface area contributed by atoms with E-state index in [2.05, 4.69) is 35.7 Å². The molecule has 0 aliphatic rings. The van der Waals surface area contributed by atoms with Crippen molar-refractivity contribution in [1.82, 2.24) is 9.97 Å². The van der Waals surface area contributed by atoms with Crippen LogP contribution in [0.3, 0.4) is 0 Å². The molecule has 0 bridgehead atoms. The molecule has 1 heterocycles. The molecule has 1 aromatic heterocycles. The van der Waals surface area contributed by atoms with E-state index in [1.54, 1.807) is 13.0 Å². The summed E-state index contributed by atoms with van der Waals surface area (Å²) in [6, 6.07) is 1.67. The zero-order valence-electron chi connectivity index (χ0n) is 9.86. The highest BCUT2D eigenvalue weighted by atomic mass is 16.5. The van der Waals surface area contributed by atoms with Crippen LogP contribution in [0.25, 0.3) is 0 Å². The molecular weight excluding hydrogens is 204 g/mol. The lowest BCUT2D eigenvalue weighted by molar-refractivity contribution is 0.257. The van der Waals surface area contributed by atoms with E-state index in [1.165, 1.54) is 6.33 Å². The number of nitrogens with zero attached hydrogens (tertiary/aromatic N) is 2. The Balaban J connectivity index is 2.52. The van der Waals surface area contributed by atoms with Gasteiger partial charge in [0.05, 0.1) is 12.7 Å². The number of hydrogen-bond donors (Lipinski definition) is 0. The number of ether oxygens (including phenoxy) is 2. The Bertz CT molecular complexity index is 380. The quantitative estimate of drug-likeness (QED) is 0.711. The molecule has 0 N–H and O–H groups in total. The van der Waals surface area contributed by atoms with Crippen molar-refractivity contribution >= 4 is 0 Å². The van der Waals surface area contributed by atoms with Crippen LogP contribution in [0.1, 0.15) is 20.8 Å². The van der Waals surface area contributed by atoms with Gasteiger partial charge >= 0.3 is 0 Å². The predicted octanol–water partition coefficient (Wildman–Crippen LogP) is 1.91. The summed E-state index contributed by atoms with van der Waals surface area (Å²) in [5.41, 5.74) is 0. The van der Waals surface area contributed by atoms with Crippen molar-refractivity contribution < 1.29 is 9.47 Å². The van der Waals surface area contributed by atoms with E-state index in [4.69, 9.17) is 9.47 Å². The lowest BCUT2D eigenvalue weighted by Crippen LogP contribution is -2.06. The molecule has 0 radical (unpaired) electrons. The highest BCUT2D eigenvalue weighted by Gasteiger charge is 2.01. The van der Waals surface area contributed by atoms with Crippen LogP contribution in [-0.2, 0) is 0 Å². The van der Waals surface area contributed by atoms with Crippen LogP contribution in [0.2, 0.25) is 0 Å². The van der Waals surface area contributed by atoms with Gasteiger partial charge in [-0.1, -0.05) is 19.8 Å². The Labute approximate surface area is 96.0 Å². The first-order valence-electron chi connectivity index (χ1n) is 5.19. The van der Waals surface area contributed by atoms with E-state index in [0.717, 1.165) is 0 Å². The molecule has 0 saturated carbocycles. The highest BCUT2D eigenvalue weighted by molar-refractivity contribution is 5.18. The smallest absolute Gasteiger partial charge is 0.221 e. The van der Waals surface area contributed by atoms with Gasteiger partial charge in [0.25, 0.3) is 0 Å². The van der Waals surface area contributed by atoms with Crippen LogP contribution in [0.4, 0.5) is 0 Å². The topological polar surface area (TPSA) is 44.2 Å². The van der Waals surface area contributed by atoms with Crippen molar-refractivity contribution in [3.05, 3.63) is 12.4 Å². The third kappa shape index (κ3) is 4.65. The summed E-state index contributed by atoms with van der Waals surface area (Å²) in [5.74, 6) is 7.01. The summed E-state index contributed by atoms with van der Waals surface area (Å²) >= 11 is 0. The van der Waals surface area contributed by atoms with Crippen LogP contribution >= 0.6 is 0 Å². The van der Waals surface area contributed by atoms with E-state index in [-0.39, 0.29) is 0 Å². The summed E-state index contributed by atoms with van der Waals surface area (Å²) in [5, 5.41) is 0. The van der Waals surface area contributed by atoms with Gasteiger partial charge in [-0.15, -0.1) is 5.92 Å². The summed E-state index contributed by atoms with van der Waals surface area (Å²) in [6.07, 6.45) is 1.42. The minimum atomic E-state index is 0.330. The maximum Gasteiger partial charge on any atom is 0.221 e. The van der Waals surface area contributed by atoms with E-state index in [1.807, 2.05) is 0 Å². The Morgan fingerprint density at radius 3 is 2.56 bits per heavy atom. The Kier molecular flexibility index (Phi) is 5.13. The largest absolute Gasteiger partial charge is 0.477 e. The summed E-state index contributed by atoms with van der Waals surface area (Å²) in [4.78, 5) is 7.95. The van der Waals surface area contributed by atoms with Crippen molar-refractivity contribution in [2.24, 2.45) is 5.92 Å². The number of rotatable bonds is 5. The fourth-order valence-corrected chi connectivity index (χ4v) is 0.915. The lowest BCUT2D eigenvalue weighted by Gasteiger charge is -2.08. The molecule has 86 valence electrons. The van der Waals surface area contributed by atoms with Crippen molar-refractivity contribution in [1.29, 1.82) is 0 Å². The molecule has 0 spiro atoms. The minimum Gasteiger partial charge on any atom is -0.477 e. The van der Waals surface area contributed by atoms with Gasteiger partial charge in [-0.2, -0.15) is 0 Å². The second kappa shape index (κ2) is 6.67. The summed E-state index contributed by atoms with van der Waals surface area (Å²) < 4.78 is 10.7. The molecule has 0 fully saturated rings. The molecule has 0 amide bonds. The minimum absolute atomic E-state index is 0.330. The van der Waals surface area contributed by atoms with E-state index in [9.17, 15) is 0 Å². The maximum absolute atomic E-state index is 5.45. The van der Waals surface area contributed by atoms with Gasteiger partial charge in [0.1, 0.15) is 6.33 Å². The van der Waals surface area contributed by atoms with E-state index >= 15 is 0 Å². The Morgan fingerprint density at radius 2 is 1.94 bits per heavy atom. The standard InChI is InChI=1S/C12H16N2O2/c1-4-5-6-15-11-7-12(14-9-13-11)16-8-10(2)3/h7,9-10H,6,8H2,1-3H3. The predicted molar refractivity (Wildman–Crippen MR) is 61.3 cm³/mol. The normalized spacial score (nSPS) is 9.50. The molecule has 0 saturated heterocycles. The van der Waals surface area contributed by atoms with Crippen LogP contribution in [0.5, 0.6) is 11.8 Å². The first kappa shape index (κ1) is 12.3. The third-order valence-corrected chi connectivity index (χ3v) is 1.65. The molecule has 1 rings (SSSR count). The van der Waals surface area contributed by atoms with Crippen molar-refractivity contribution in [2.75, 3.05) is 13.2 Å². The lowest BCUT2D eigenvalue weighted by atomic mass is 10.2. The average Bonchev–Trinajstić information content (AvgIpc) is 2.27. The second-order valence-corrected chi connectivity index (χ2v) is 3.61. The Hall–Kier alpha value is -1.76. The zero-order chi connectivity index (χ0) is 11.8. The van der Waals surface area contributed by atoms with Gasteiger partial charge in [-0.05, 0) is 12.8 Å². The maximum atomic E-state index is 5.45. The molecule has 0 unspecified atom stereocenters. The molecule has 4 nitrogen and oxygen atoms in total. The fraction of sp³-hybridized carbons (Fsp3) is 0.500. The van der Waals surface area contributed by atoms with Gasteiger partial charge in [-0.3, -0.25) is 0 Å². The van der Waals surface area contributed by atoms with Crippen LogP contribution in [0, 0.1) is 17.8 Å². The molecule has 16 heavy (non-hydrogen) atoms. The van der Waals surface area contributed by atoms with E-state index in [0.29, 0.717) is 30.9 Å². The fourth-order valence-electron chi connectivity index (χ4n) is 0.915. The number of hydrogen-bond acceptors (Lipinski definition) is 4. The zero-order valence-corrected chi connectivity index (χ0v) is 9.86. The first-order valence-corrected chi connectivity index (χ1v) is 5.19. The van der Waals surface area contributed by atoms with Gasteiger partial charge in [0, 0.05) is 0 Å². The van der Waals surface area contributed by atoms with Crippen molar-refractivity contribution in [3.8, 4) is 23.6 Å². The first-order chi connectivity index (χ1) is 7.72. The van der Waals surface area contributed by atoms with Crippen molar-refractivity contribution in [2.45, 2.75) is 20.8 Å². The molecule has 0 aliphatic heterocycles. The summed E-state index contributed by atoms with van der Waals surface area (Å²) in [6.45, 7) is 6.88. The molecule has 0 aliphatic carbocycles. The number of aromatic nitrogens is 2. The van der Waals surface area contributed by atoms with Gasteiger partial charge in [-0.25, -0.2) is 9.97 Å². The average molecular weight is 220 g/mol. The van der Waals surface area contributed by atoms with Gasteiger partial charge in [0.15, 0.2) is 6.61 Å². The molecular formula is C12H16N2O2. The van der Waals surface area contributed by atoms with Gasteiger partial charge in [0.2, 0.25) is 11.8 Å². The molecule has 1 aromatic rings. The van der Waals surface area contributed by atoms with Crippen molar-refractivity contribution in [3.63, 3.8) is 0 Å². The van der Waals surface area contributed by atoms with E-state index < -0.39 is 0 Å². The molecule has 4 heteroatoms. The van der Waals surface area contributed by atoms with Crippen LogP contribution < -0.4 is 9.47 Å². The SMILES string of the molecule is CC#CCOc1cc(OCC(C)C)ncn1.